The van der Waals surface area contributed by atoms with E-state index >= 15 is 0 Å². The lowest BCUT2D eigenvalue weighted by molar-refractivity contribution is 0.629. The SMILES string of the molecule is Fc1cc2[nH]c(=S)n(CCc3ccc(Cl)s3)c2cc1Cl. The van der Waals surface area contributed by atoms with Gasteiger partial charge in [-0.05, 0) is 36.8 Å². The normalized spacial score (nSPS) is 11.3. The predicted octanol–water partition coefficient (Wildman–Crippen LogP) is 5.45. The zero-order valence-electron chi connectivity index (χ0n) is 10.1. The third kappa shape index (κ3) is 2.63. The first-order valence-corrected chi connectivity index (χ1v) is 7.84. The van der Waals surface area contributed by atoms with Gasteiger partial charge in [0.25, 0.3) is 0 Å². The van der Waals surface area contributed by atoms with Crippen molar-refractivity contribution in [1.82, 2.24) is 9.55 Å². The maximum atomic E-state index is 13.4. The number of H-pyrrole nitrogens is 1. The molecule has 0 unspecified atom stereocenters. The highest BCUT2D eigenvalue weighted by Crippen LogP contribution is 2.25. The topological polar surface area (TPSA) is 20.7 Å². The largest absolute Gasteiger partial charge is 0.330 e. The van der Waals surface area contributed by atoms with Gasteiger partial charge in [0.2, 0.25) is 0 Å². The Hall–Kier alpha value is -0.880. The first kappa shape index (κ1) is 14.1. The van der Waals surface area contributed by atoms with Gasteiger partial charge in [-0.3, -0.25) is 0 Å². The number of benzene rings is 1. The summed E-state index contributed by atoms with van der Waals surface area (Å²) in [5.41, 5.74) is 1.46. The van der Waals surface area contributed by atoms with Gasteiger partial charge in [0.05, 0.1) is 20.4 Å². The quantitative estimate of drug-likeness (QED) is 0.625. The molecule has 0 radical (unpaired) electrons. The minimum atomic E-state index is -0.451. The molecule has 0 spiro atoms. The number of hydrogen-bond acceptors (Lipinski definition) is 2. The van der Waals surface area contributed by atoms with Crippen molar-refractivity contribution in [3.63, 3.8) is 0 Å². The molecule has 0 saturated heterocycles. The van der Waals surface area contributed by atoms with Crippen molar-refractivity contribution in [2.24, 2.45) is 0 Å². The highest BCUT2D eigenvalue weighted by molar-refractivity contribution is 7.71. The molecule has 2 aromatic heterocycles. The second-order valence-electron chi connectivity index (χ2n) is 4.32. The number of aryl methyl sites for hydroxylation is 2. The van der Waals surface area contributed by atoms with Gasteiger partial charge in [-0.1, -0.05) is 23.2 Å². The smallest absolute Gasteiger partial charge is 0.178 e. The molecule has 3 rings (SSSR count). The molecule has 0 aliphatic rings. The highest BCUT2D eigenvalue weighted by atomic mass is 35.5. The number of thiophene rings is 1. The number of rotatable bonds is 3. The number of aromatic nitrogens is 2. The maximum Gasteiger partial charge on any atom is 0.178 e. The van der Waals surface area contributed by atoms with Crippen LogP contribution in [0, 0.1) is 10.6 Å². The first-order chi connectivity index (χ1) is 9.54. The van der Waals surface area contributed by atoms with E-state index in [9.17, 15) is 4.39 Å². The fourth-order valence-electron chi connectivity index (χ4n) is 2.08. The first-order valence-electron chi connectivity index (χ1n) is 5.86. The van der Waals surface area contributed by atoms with Gasteiger partial charge in [0, 0.05) is 17.5 Å². The van der Waals surface area contributed by atoms with E-state index in [-0.39, 0.29) is 5.02 Å². The molecule has 7 heteroatoms. The van der Waals surface area contributed by atoms with E-state index in [4.69, 9.17) is 35.4 Å². The van der Waals surface area contributed by atoms with Crippen LogP contribution in [0.5, 0.6) is 0 Å². The average Bonchev–Trinajstić information content (AvgIpc) is 2.92. The Morgan fingerprint density at radius 2 is 2.10 bits per heavy atom. The van der Waals surface area contributed by atoms with Gasteiger partial charge in [0.15, 0.2) is 4.77 Å². The van der Waals surface area contributed by atoms with Crippen molar-refractivity contribution in [2.75, 3.05) is 0 Å². The van der Waals surface area contributed by atoms with E-state index in [1.54, 1.807) is 17.4 Å². The molecule has 104 valence electrons. The summed E-state index contributed by atoms with van der Waals surface area (Å²) in [6, 6.07) is 6.84. The molecule has 0 saturated carbocycles. The van der Waals surface area contributed by atoms with Crippen LogP contribution in [-0.4, -0.2) is 9.55 Å². The van der Waals surface area contributed by atoms with Crippen LogP contribution in [0.4, 0.5) is 4.39 Å². The Kier molecular flexibility index (Phi) is 3.86. The van der Waals surface area contributed by atoms with Crippen LogP contribution in [0.15, 0.2) is 24.3 Å². The number of nitrogens with one attached hydrogen (secondary N) is 1. The van der Waals surface area contributed by atoms with Crippen LogP contribution in [0.2, 0.25) is 9.36 Å². The Morgan fingerprint density at radius 1 is 1.30 bits per heavy atom. The van der Waals surface area contributed by atoms with E-state index in [0.29, 0.717) is 16.8 Å². The molecule has 3 aromatic rings. The van der Waals surface area contributed by atoms with Crippen LogP contribution in [0.1, 0.15) is 4.88 Å². The number of imidazole rings is 1. The third-order valence-electron chi connectivity index (χ3n) is 3.03. The van der Waals surface area contributed by atoms with Crippen LogP contribution in [0.3, 0.4) is 0 Å². The van der Waals surface area contributed by atoms with Crippen LogP contribution >= 0.6 is 46.8 Å². The number of halogens is 3. The van der Waals surface area contributed by atoms with Crippen molar-refractivity contribution < 1.29 is 4.39 Å². The number of hydrogen-bond donors (Lipinski definition) is 1. The minimum Gasteiger partial charge on any atom is -0.330 e. The lowest BCUT2D eigenvalue weighted by atomic mass is 10.3. The van der Waals surface area contributed by atoms with E-state index in [0.717, 1.165) is 16.3 Å². The molecular formula is C13H9Cl2FN2S2. The zero-order chi connectivity index (χ0) is 14.3. The van der Waals surface area contributed by atoms with Gasteiger partial charge in [-0.25, -0.2) is 4.39 Å². The molecule has 1 aromatic carbocycles. The molecule has 0 bridgehead atoms. The maximum absolute atomic E-state index is 13.4. The van der Waals surface area contributed by atoms with Gasteiger partial charge in [-0.15, -0.1) is 11.3 Å². The summed E-state index contributed by atoms with van der Waals surface area (Å²) in [7, 11) is 0. The molecular weight excluding hydrogens is 338 g/mol. The second kappa shape index (κ2) is 5.48. The molecule has 20 heavy (non-hydrogen) atoms. The van der Waals surface area contributed by atoms with Crippen molar-refractivity contribution >= 4 is 57.8 Å². The van der Waals surface area contributed by atoms with Crippen LogP contribution in [0.25, 0.3) is 11.0 Å². The van der Waals surface area contributed by atoms with E-state index < -0.39 is 5.82 Å². The van der Waals surface area contributed by atoms with E-state index in [2.05, 4.69) is 4.98 Å². The van der Waals surface area contributed by atoms with Crippen molar-refractivity contribution in [1.29, 1.82) is 0 Å². The molecule has 2 heterocycles. The minimum absolute atomic E-state index is 0.0967. The van der Waals surface area contributed by atoms with E-state index in [1.807, 2.05) is 16.7 Å². The third-order valence-corrected chi connectivity index (χ3v) is 4.93. The highest BCUT2D eigenvalue weighted by Gasteiger charge is 2.09. The summed E-state index contributed by atoms with van der Waals surface area (Å²) in [5.74, 6) is -0.451. The molecule has 0 aliphatic heterocycles. The zero-order valence-corrected chi connectivity index (χ0v) is 13.3. The summed E-state index contributed by atoms with van der Waals surface area (Å²) < 4.78 is 16.7. The van der Waals surface area contributed by atoms with E-state index in [1.165, 1.54) is 10.9 Å². The molecule has 1 N–H and O–H groups in total. The van der Waals surface area contributed by atoms with Gasteiger partial charge in [0.1, 0.15) is 5.82 Å². The molecule has 0 atom stereocenters. The van der Waals surface area contributed by atoms with Gasteiger partial charge < -0.3 is 9.55 Å². The second-order valence-corrected chi connectivity index (χ2v) is 6.91. The summed E-state index contributed by atoms with van der Waals surface area (Å²) in [6.07, 6.45) is 0.813. The summed E-state index contributed by atoms with van der Waals surface area (Å²) in [4.78, 5) is 4.17. The molecule has 0 fully saturated rings. The monoisotopic (exact) mass is 346 g/mol. The molecule has 0 aliphatic carbocycles. The Labute approximate surface area is 133 Å². The van der Waals surface area contributed by atoms with Crippen molar-refractivity contribution in [3.8, 4) is 0 Å². The summed E-state index contributed by atoms with van der Waals surface area (Å²) in [5, 5.41) is 0.0967. The lowest BCUT2D eigenvalue weighted by Gasteiger charge is -2.04. The Morgan fingerprint density at radius 3 is 2.80 bits per heavy atom. The Bertz CT molecular complexity index is 835. The van der Waals surface area contributed by atoms with Gasteiger partial charge in [-0.2, -0.15) is 0 Å². The standard InChI is InChI=1S/C13H9Cl2FN2S2/c14-8-5-11-10(6-9(8)16)17-13(19)18(11)4-3-7-1-2-12(15)20-7/h1-2,5-6H,3-4H2,(H,17,19). The van der Waals surface area contributed by atoms with Crippen molar-refractivity contribution in [2.45, 2.75) is 13.0 Å². The fraction of sp³-hybridized carbons (Fsp3) is 0.154. The lowest BCUT2D eigenvalue weighted by Crippen LogP contribution is -2.00. The predicted molar refractivity (Wildman–Crippen MR) is 85.1 cm³/mol. The summed E-state index contributed by atoms with van der Waals surface area (Å²) in [6.45, 7) is 0.692. The van der Waals surface area contributed by atoms with Crippen LogP contribution < -0.4 is 0 Å². The van der Waals surface area contributed by atoms with Crippen LogP contribution in [-0.2, 0) is 13.0 Å². The van der Waals surface area contributed by atoms with Crippen molar-refractivity contribution in [3.05, 3.63) is 49.1 Å². The van der Waals surface area contributed by atoms with Gasteiger partial charge >= 0.3 is 0 Å². The number of nitrogens with zero attached hydrogens (tertiary/aromatic N) is 1. The Balaban J connectivity index is 1.96. The number of fused-ring (bicyclic) bond motifs is 1. The summed E-state index contributed by atoms with van der Waals surface area (Å²) >= 11 is 18.6. The molecule has 0 amide bonds. The molecule has 2 nitrogen and oxygen atoms in total. The average molecular weight is 347 g/mol. The number of aromatic amines is 1. The fourth-order valence-corrected chi connectivity index (χ4v) is 3.62.